The molecule has 1 fully saturated rings. The van der Waals surface area contributed by atoms with E-state index in [0.717, 1.165) is 10.5 Å². The topological polar surface area (TPSA) is 80.0 Å². The van der Waals surface area contributed by atoms with E-state index < -0.39 is 24.0 Å². The molecule has 0 saturated carbocycles. The smallest absolute Gasteiger partial charge is 0.416 e. The molecule has 1 saturated heterocycles. The predicted octanol–water partition coefficient (Wildman–Crippen LogP) is 2.54. The molecule has 0 radical (unpaired) electrons. The zero-order chi connectivity index (χ0) is 17.1. The number of carbonyl (C=O) groups is 2. The molecule has 2 amide bonds. The van der Waals surface area contributed by atoms with Crippen LogP contribution < -0.4 is 0 Å². The van der Waals surface area contributed by atoms with Crippen molar-refractivity contribution in [2.75, 3.05) is 6.61 Å². The number of cyclic esters (lactones) is 1. The molecule has 2 heterocycles. The Morgan fingerprint density at radius 3 is 2.71 bits per heavy atom. The summed E-state index contributed by atoms with van der Waals surface area (Å²) in [5, 5.41) is 10.3. The van der Waals surface area contributed by atoms with Gasteiger partial charge in [0.05, 0.1) is 18.2 Å². The van der Waals surface area contributed by atoms with Crippen LogP contribution in [0.4, 0.5) is 4.79 Å². The molecular formula is C18H19NO5. The van der Waals surface area contributed by atoms with Crippen LogP contribution in [0.5, 0.6) is 0 Å². The highest BCUT2D eigenvalue weighted by Gasteiger charge is 2.41. The molecule has 1 aromatic heterocycles. The highest BCUT2D eigenvalue weighted by atomic mass is 16.6. The number of carbonyl (C=O) groups excluding carboxylic acids is 2. The quantitative estimate of drug-likeness (QED) is 0.912. The molecule has 6 heteroatoms. The first-order valence-electron chi connectivity index (χ1n) is 7.83. The molecule has 0 bridgehead atoms. The first kappa shape index (κ1) is 16.3. The molecule has 1 aliphatic heterocycles. The fourth-order valence-electron chi connectivity index (χ4n) is 2.83. The Balaban J connectivity index is 1.74. The van der Waals surface area contributed by atoms with Crippen LogP contribution in [0.15, 0.2) is 53.1 Å². The summed E-state index contributed by atoms with van der Waals surface area (Å²) < 4.78 is 10.2. The number of rotatable bonds is 5. The van der Waals surface area contributed by atoms with Gasteiger partial charge in [0.25, 0.3) is 0 Å². The van der Waals surface area contributed by atoms with Crippen LogP contribution in [-0.4, -0.2) is 34.7 Å². The Labute approximate surface area is 139 Å². The van der Waals surface area contributed by atoms with Gasteiger partial charge in [-0.05, 0) is 24.1 Å². The minimum Gasteiger partial charge on any atom is -0.467 e. The number of furan rings is 1. The maximum atomic E-state index is 12.7. The second-order valence-corrected chi connectivity index (χ2v) is 5.88. The predicted molar refractivity (Wildman–Crippen MR) is 85.0 cm³/mol. The Kier molecular flexibility index (Phi) is 4.66. The first-order valence-corrected chi connectivity index (χ1v) is 7.83. The SMILES string of the molecule is C[C@@H](C(=O)N1C(=O)OC[C@@H]1Cc1ccccc1)[C@H](O)c1ccco1. The molecule has 0 unspecified atom stereocenters. The third-order valence-electron chi connectivity index (χ3n) is 4.21. The van der Waals surface area contributed by atoms with Crippen LogP contribution in [0.3, 0.4) is 0 Å². The Bertz CT molecular complexity index is 697. The summed E-state index contributed by atoms with van der Waals surface area (Å²) in [6, 6.07) is 12.4. The van der Waals surface area contributed by atoms with Crippen LogP contribution in [0.2, 0.25) is 0 Å². The van der Waals surface area contributed by atoms with Crippen molar-refractivity contribution in [1.82, 2.24) is 4.90 Å². The van der Waals surface area contributed by atoms with Crippen LogP contribution >= 0.6 is 0 Å². The van der Waals surface area contributed by atoms with Crippen LogP contribution in [0.25, 0.3) is 0 Å². The maximum absolute atomic E-state index is 12.7. The van der Waals surface area contributed by atoms with Crippen molar-refractivity contribution in [3.05, 3.63) is 60.1 Å². The zero-order valence-electron chi connectivity index (χ0n) is 13.3. The van der Waals surface area contributed by atoms with E-state index >= 15 is 0 Å². The monoisotopic (exact) mass is 329 g/mol. The Hall–Kier alpha value is -2.60. The molecule has 3 rings (SSSR count). The highest BCUT2D eigenvalue weighted by molar-refractivity contribution is 5.95. The van der Waals surface area contributed by atoms with Crippen molar-refractivity contribution in [2.24, 2.45) is 5.92 Å². The Morgan fingerprint density at radius 2 is 2.04 bits per heavy atom. The van der Waals surface area contributed by atoms with Crippen LogP contribution in [-0.2, 0) is 16.0 Å². The third kappa shape index (κ3) is 3.19. The van der Waals surface area contributed by atoms with Crippen molar-refractivity contribution >= 4 is 12.0 Å². The van der Waals surface area contributed by atoms with Crippen molar-refractivity contribution in [2.45, 2.75) is 25.5 Å². The molecule has 126 valence electrons. The standard InChI is InChI=1S/C18H19NO5/c1-12(16(20)15-8-5-9-23-15)17(21)19-14(11-24-18(19)22)10-13-6-3-2-4-7-13/h2-9,12,14,16,20H,10-11H2,1H3/t12-,14+,16+/m1/s1. The van der Waals surface area contributed by atoms with Gasteiger partial charge in [-0.3, -0.25) is 4.79 Å². The van der Waals surface area contributed by atoms with Crippen molar-refractivity contribution in [3.8, 4) is 0 Å². The summed E-state index contributed by atoms with van der Waals surface area (Å²) in [7, 11) is 0. The number of nitrogens with zero attached hydrogens (tertiary/aromatic N) is 1. The number of amides is 2. The van der Waals surface area contributed by atoms with E-state index in [0.29, 0.717) is 12.2 Å². The first-order chi connectivity index (χ1) is 11.6. The molecule has 3 atom stereocenters. The Morgan fingerprint density at radius 1 is 1.29 bits per heavy atom. The lowest BCUT2D eigenvalue weighted by molar-refractivity contribution is -0.137. The van der Waals surface area contributed by atoms with Gasteiger partial charge in [0.15, 0.2) is 0 Å². The third-order valence-corrected chi connectivity index (χ3v) is 4.21. The van der Waals surface area contributed by atoms with E-state index in [9.17, 15) is 14.7 Å². The van der Waals surface area contributed by atoms with Gasteiger partial charge in [0.1, 0.15) is 18.5 Å². The van der Waals surface area contributed by atoms with Gasteiger partial charge in [-0.25, -0.2) is 9.69 Å². The molecule has 0 spiro atoms. The minimum absolute atomic E-state index is 0.156. The molecule has 24 heavy (non-hydrogen) atoms. The maximum Gasteiger partial charge on any atom is 0.416 e. The average molecular weight is 329 g/mol. The minimum atomic E-state index is -1.11. The van der Waals surface area contributed by atoms with E-state index in [1.54, 1.807) is 19.1 Å². The van der Waals surface area contributed by atoms with Crippen molar-refractivity contribution in [3.63, 3.8) is 0 Å². The average Bonchev–Trinajstić information content (AvgIpc) is 3.24. The van der Waals surface area contributed by atoms with Crippen LogP contribution in [0, 0.1) is 5.92 Å². The lowest BCUT2D eigenvalue weighted by atomic mass is 9.99. The van der Waals surface area contributed by atoms with E-state index in [1.807, 2.05) is 30.3 Å². The second kappa shape index (κ2) is 6.88. The lowest BCUT2D eigenvalue weighted by Gasteiger charge is -2.24. The molecule has 6 nitrogen and oxygen atoms in total. The molecule has 2 aromatic rings. The second-order valence-electron chi connectivity index (χ2n) is 5.88. The summed E-state index contributed by atoms with van der Waals surface area (Å²) in [5.41, 5.74) is 1.01. The fourth-order valence-corrected chi connectivity index (χ4v) is 2.83. The largest absolute Gasteiger partial charge is 0.467 e. The number of benzene rings is 1. The van der Waals surface area contributed by atoms with Crippen LogP contribution in [0.1, 0.15) is 24.4 Å². The normalized spacial score (nSPS) is 19.8. The summed E-state index contributed by atoms with van der Waals surface area (Å²) >= 11 is 0. The van der Waals surface area contributed by atoms with E-state index in [-0.39, 0.29) is 12.6 Å². The van der Waals surface area contributed by atoms with E-state index in [2.05, 4.69) is 0 Å². The van der Waals surface area contributed by atoms with Crippen molar-refractivity contribution in [1.29, 1.82) is 0 Å². The number of ether oxygens (including phenoxy) is 1. The van der Waals surface area contributed by atoms with E-state index in [4.69, 9.17) is 9.15 Å². The lowest BCUT2D eigenvalue weighted by Crippen LogP contribution is -2.44. The summed E-state index contributed by atoms with van der Waals surface area (Å²) in [4.78, 5) is 25.8. The molecule has 1 aliphatic rings. The number of hydrogen-bond donors (Lipinski definition) is 1. The zero-order valence-corrected chi connectivity index (χ0v) is 13.3. The molecular weight excluding hydrogens is 310 g/mol. The van der Waals surface area contributed by atoms with Gasteiger partial charge >= 0.3 is 6.09 Å². The van der Waals surface area contributed by atoms with Gasteiger partial charge in [0.2, 0.25) is 5.91 Å². The number of aliphatic hydroxyl groups excluding tert-OH is 1. The van der Waals surface area contributed by atoms with Gasteiger partial charge < -0.3 is 14.3 Å². The summed E-state index contributed by atoms with van der Waals surface area (Å²) in [6.45, 7) is 1.73. The van der Waals surface area contributed by atoms with E-state index in [1.165, 1.54) is 6.26 Å². The molecule has 1 aromatic carbocycles. The van der Waals surface area contributed by atoms with Gasteiger partial charge in [-0.15, -0.1) is 0 Å². The summed E-state index contributed by atoms with van der Waals surface area (Å²) in [5.74, 6) is -0.995. The molecule has 1 N–H and O–H groups in total. The number of aliphatic hydroxyl groups is 1. The fraction of sp³-hybridized carbons (Fsp3) is 0.333. The van der Waals surface area contributed by atoms with Gasteiger partial charge in [-0.2, -0.15) is 0 Å². The highest BCUT2D eigenvalue weighted by Crippen LogP contribution is 2.27. The molecule has 0 aliphatic carbocycles. The number of hydrogen-bond acceptors (Lipinski definition) is 5. The van der Waals surface area contributed by atoms with Gasteiger partial charge in [0, 0.05) is 0 Å². The van der Waals surface area contributed by atoms with Gasteiger partial charge in [-0.1, -0.05) is 37.3 Å². The number of imide groups is 1. The van der Waals surface area contributed by atoms with Crippen molar-refractivity contribution < 1.29 is 23.8 Å². The summed E-state index contributed by atoms with van der Waals surface area (Å²) in [6.07, 6.45) is 0.165.